The van der Waals surface area contributed by atoms with Crippen LogP contribution in [0.25, 0.3) is 0 Å². The molecule has 2 aromatic carbocycles. The number of carbonyl (C=O) groups is 2. The molecule has 0 aliphatic carbocycles. The van der Waals surface area contributed by atoms with Crippen molar-refractivity contribution >= 4 is 17.5 Å². The van der Waals surface area contributed by atoms with Gasteiger partial charge in [0.2, 0.25) is 11.8 Å². The molecule has 7 nitrogen and oxygen atoms in total. The van der Waals surface area contributed by atoms with Crippen LogP contribution >= 0.6 is 0 Å². The number of primary amides is 1. The number of rotatable bonds is 5. The third-order valence-corrected chi connectivity index (χ3v) is 3.25. The summed E-state index contributed by atoms with van der Waals surface area (Å²) in [4.78, 5) is 31.3. The molecule has 0 spiro atoms. The number of nitrogens with two attached hydrogens (primary N) is 1. The lowest BCUT2D eigenvalue weighted by Gasteiger charge is -2.06. The highest BCUT2D eigenvalue weighted by molar-refractivity contribution is 6.03. The number of aromatic nitrogens is 2. The summed E-state index contributed by atoms with van der Waals surface area (Å²) in [5.74, 6) is -0.0413. The summed E-state index contributed by atoms with van der Waals surface area (Å²) in [5.41, 5.74) is 6.18. The summed E-state index contributed by atoms with van der Waals surface area (Å²) in [6, 6.07) is 15.4. The van der Waals surface area contributed by atoms with Crippen LogP contribution in [0.1, 0.15) is 20.8 Å². The lowest BCUT2D eigenvalue weighted by atomic mass is 10.2. The Morgan fingerprint density at radius 2 is 1.64 bits per heavy atom. The predicted octanol–water partition coefficient (Wildman–Crippen LogP) is 2.62. The molecule has 0 saturated heterocycles. The molecule has 2 amide bonds. The van der Waals surface area contributed by atoms with Crippen molar-refractivity contribution in [3.05, 3.63) is 78.2 Å². The minimum Gasteiger partial charge on any atom is -0.438 e. The van der Waals surface area contributed by atoms with Gasteiger partial charge < -0.3 is 15.8 Å². The van der Waals surface area contributed by atoms with E-state index in [4.69, 9.17) is 10.5 Å². The Labute approximate surface area is 143 Å². The van der Waals surface area contributed by atoms with Gasteiger partial charge >= 0.3 is 0 Å². The smallest absolute Gasteiger partial charge is 0.275 e. The molecule has 1 aromatic heterocycles. The van der Waals surface area contributed by atoms with E-state index in [2.05, 4.69) is 15.3 Å². The van der Waals surface area contributed by atoms with E-state index in [0.29, 0.717) is 17.0 Å². The molecule has 7 heteroatoms. The second kappa shape index (κ2) is 7.22. The second-order valence-corrected chi connectivity index (χ2v) is 5.05. The van der Waals surface area contributed by atoms with Gasteiger partial charge in [0.25, 0.3) is 5.91 Å². The number of benzene rings is 2. The average molecular weight is 334 g/mol. The Morgan fingerprint density at radius 1 is 0.920 bits per heavy atom. The number of ether oxygens (including phenoxy) is 1. The Balaban J connectivity index is 1.65. The molecular weight excluding hydrogens is 320 g/mol. The fraction of sp³-hybridized carbons (Fsp3) is 0. The van der Waals surface area contributed by atoms with Crippen LogP contribution in [-0.4, -0.2) is 21.8 Å². The van der Waals surface area contributed by atoms with Gasteiger partial charge in [-0.25, -0.2) is 9.97 Å². The third kappa shape index (κ3) is 4.17. The van der Waals surface area contributed by atoms with Crippen LogP contribution in [-0.2, 0) is 0 Å². The normalized spacial score (nSPS) is 10.1. The zero-order valence-electron chi connectivity index (χ0n) is 13.0. The number of nitrogens with zero attached hydrogens (tertiary/aromatic N) is 2. The summed E-state index contributed by atoms with van der Waals surface area (Å²) >= 11 is 0. The molecule has 124 valence electrons. The summed E-state index contributed by atoms with van der Waals surface area (Å²) < 4.78 is 5.52. The molecule has 0 radical (unpaired) electrons. The largest absolute Gasteiger partial charge is 0.438 e. The van der Waals surface area contributed by atoms with Gasteiger partial charge in [-0.3, -0.25) is 9.59 Å². The van der Waals surface area contributed by atoms with Crippen molar-refractivity contribution < 1.29 is 14.3 Å². The average Bonchev–Trinajstić information content (AvgIpc) is 2.63. The molecule has 3 rings (SSSR count). The zero-order valence-corrected chi connectivity index (χ0v) is 13.0. The highest BCUT2D eigenvalue weighted by atomic mass is 16.5. The first kappa shape index (κ1) is 16.1. The van der Waals surface area contributed by atoms with Gasteiger partial charge in [0, 0.05) is 11.3 Å². The summed E-state index contributed by atoms with van der Waals surface area (Å²) in [5, 5.41) is 2.66. The maximum atomic E-state index is 12.2. The maximum absolute atomic E-state index is 12.2. The Morgan fingerprint density at radius 3 is 2.24 bits per heavy atom. The molecule has 0 unspecified atom stereocenters. The summed E-state index contributed by atoms with van der Waals surface area (Å²) in [6.07, 6.45) is 2.70. The van der Waals surface area contributed by atoms with Crippen LogP contribution in [0.3, 0.4) is 0 Å². The van der Waals surface area contributed by atoms with Crippen molar-refractivity contribution in [1.29, 1.82) is 0 Å². The van der Waals surface area contributed by atoms with E-state index in [9.17, 15) is 9.59 Å². The number of hydrogen-bond acceptors (Lipinski definition) is 5. The van der Waals surface area contributed by atoms with Gasteiger partial charge in [-0.1, -0.05) is 18.2 Å². The van der Waals surface area contributed by atoms with Crippen molar-refractivity contribution in [2.75, 3.05) is 5.32 Å². The molecule has 3 aromatic rings. The van der Waals surface area contributed by atoms with Gasteiger partial charge in [0.05, 0.1) is 12.4 Å². The number of hydrogen-bond donors (Lipinski definition) is 2. The first-order valence-corrected chi connectivity index (χ1v) is 7.38. The van der Waals surface area contributed by atoms with Gasteiger partial charge in [0.1, 0.15) is 11.4 Å². The number of anilines is 1. The summed E-state index contributed by atoms with van der Waals surface area (Å²) in [6.45, 7) is 0. The van der Waals surface area contributed by atoms with E-state index < -0.39 is 11.8 Å². The molecule has 1 heterocycles. The van der Waals surface area contributed by atoms with Gasteiger partial charge in [-0.05, 0) is 36.4 Å². The monoisotopic (exact) mass is 334 g/mol. The summed E-state index contributed by atoms with van der Waals surface area (Å²) in [7, 11) is 0. The number of carbonyl (C=O) groups excluding carboxylic acids is 2. The molecule has 3 N–H and O–H groups in total. The molecule has 0 bridgehead atoms. The minimum atomic E-state index is -0.530. The van der Waals surface area contributed by atoms with Crippen LogP contribution in [0, 0.1) is 0 Å². The molecule has 0 saturated carbocycles. The number of amides is 2. The number of para-hydroxylation sites is 1. The molecule has 25 heavy (non-hydrogen) atoms. The molecule has 0 aliphatic heterocycles. The lowest BCUT2D eigenvalue weighted by Crippen LogP contribution is -2.15. The first-order chi connectivity index (χ1) is 12.1. The Hall–Kier alpha value is -3.74. The predicted molar refractivity (Wildman–Crippen MR) is 91.5 cm³/mol. The Bertz CT molecular complexity index is 878. The van der Waals surface area contributed by atoms with Gasteiger partial charge in [-0.2, -0.15) is 0 Å². The van der Waals surface area contributed by atoms with Crippen molar-refractivity contribution in [2.45, 2.75) is 0 Å². The third-order valence-electron chi connectivity index (χ3n) is 3.25. The standard InChI is InChI=1S/C18H14N4O3/c19-17(23)12-6-8-13(9-7-12)22-18(24)15-10-21-16(11-20-15)25-14-4-2-1-3-5-14/h1-11H,(H2,19,23)(H,22,24). The van der Waals surface area contributed by atoms with Crippen LogP contribution in [0.5, 0.6) is 11.6 Å². The van der Waals surface area contributed by atoms with Crippen molar-refractivity contribution in [1.82, 2.24) is 9.97 Å². The molecule has 0 atom stereocenters. The zero-order chi connectivity index (χ0) is 17.6. The fourth-order valence-corrected chi connectivity index (χ4v) is 2.01. The molecule has 0 aliphatic rings. The van der Waals surface area contributed by atoms with E-state index >= 15 is 0 Å². The van der Waals surface area contributed by atoms with Crippen LogP contribution in [0.15, 0.2) is 67.0 Å². The first-order valence-electron chi connectivity index (χ1n) is 7.38. The van der Waals surface area contributed by atoms with E-state index in [1.165, 1.54) is 24.5 Å². The topological polar surface area (TPSA) is 107 Å². The molecule has 0 fully saturated rings. The lowest BCUT2D eigenvalue weighted by molar-refractivity contribution is 0.0997. The second-order valence-electron chi connectivity index (χ2n) is 5.05. The van der Waals surface area contributed by atoms with E-state index in [-0.39, 0.29) is 11.6 Å². The Kier molecular flexibility index (Phi) is 4.66. The quantitative estimate of drug-likeness (QED) is 0.746. The fourth-order valence-electron chi connectivity index (χ4n) is 2.01. The van der Waals surface area contributed by atoms with Crippen LogP contribution < -0.4 is 15.8 Å². The maximum Gasteiger partial charge on any atom is 0.275 e. The van der Waals surface area contributed by atoms with Crippen molar-refractivity contribution in [2.24, 2.45) is 5.73 Å². The highest BCUT2D eigenvalue weighted by Crippen LogP contribution is 2.17. The molecular formula is C18H14N4O3. The van der Waals surface area contributed by atoms with Crippen molar-refractivity contribution in [3.63, 3.8) is 0 Å². The van der Waals surface area contributed by atoms with Gasteiger partial charge in [-0.15, -0.1) is 0 Å². The van der Waals surface area contributed by atoms with Crippen molar-refractivity contribution in [3.8, 4) is 11.6 Å². The van der Waals surface area contributed by atoms with E-state index in [0.717, 1.165) is 0 Å². The van der Waals surface area contributed by atoms with E-state index in [1.54, 1.807) is 24.3 Å². The van der Waals surface area contributed by atoms with Crippen LogP contribution in [0.4, 0.5) is 5.69 Å². The van der Waals surface area contributed by atoms with E-state index in [1.807, 2.05) is 18.2 Å². The number of nitrogens with one attached hydrogen (secondary N) is 1. The van der Waals surface area contributed by atoms with Crippen LogP contribution in [0.2, 0.25) is 0 Å². The van der Waals surface area contributed by atoms with Gasteiger partial charge in [0.15, 0.2) is 0 Å². The minimum absolute atomic E-state index is 0.138. The SMILES string of the molecule is NC(=O)c1ccc(NC(=O)c2cnc(Oc3ccccc3)cn2)cc1. The highest BCUT2D eigenvalue weighted by Gasteiger charge is 2.10.